The Morgan fingerprint density at radius 3 is 2.92 bits per heavy atom. The summed E-state index contributed by atoms with van der Waals surface area (Å²) in [5.74, 6) is 0.712. The highest BCUT2D eigenvalue weighted by molar-refractivity contribution is 5.27. The second-order valence-electron chi connectivity index (χ2n) is 2.77. The van der Waals surface area contributed by atoms with Crippen molar-refractivity contribution in [3.05, 3.63) is 29.8 Å². The summed E-state index contributed by atoms with van der Waals surface area (Å²) in [6, 6.07) is 7.04. The maximum Gasteiger partial charge on any atom is 0.119 e. The lowest BCUT2D eigenvalue weighted by Gasteiger charge is -2.05. The van der Waals surface area contributed by atoms with Gasteiger partial charge in [-0.1, -0.05) is 12.1 Å². The summed E-state index contributed by atoms with van der Waals surface area (Å²) in [7, 11) is 0. The van der Waals surface area contributed by atoms with E-state index in [0.717, 1.165) is 6.42 Å². The van der Waals surface area contributed by atoms with Crippen LogP contribution in [0.4, 0.5) is 4.39 Å². The molecule has 0 bridgehead atoms. The van der Waals surface area contributed by atoms with E-state index >= 15 is 0 Å². The van der Waals surface area contributed by atoms with Gasteiger partial charge >= 0.3 is 0 Å². The van der Waals surface area contributed by atoms with E-state index in [1.165, 1.54) is 0 Å². The van der Waals surface area contributed by atoms with Crippen molar-refractivity contribution in [2.75, 3.05) is 13.2 Å². The molecule has 0 amide bonds. The molecule has 2 nitrogen and oxygen atoms in total. The molecule has 1 aromatic carbocycles. The first-order valence-electron chi connectivity index (χ1n) is 4.34. The third-order valence-corrected chi connectivity index (χ3v) is 1.67. The Morgan fingerprint density at radius 1 is 1.38 bits per heavy atom. The molecule has 2 N–H and O–H groups in total. The van der Waals surface area contributed by atoms with Crippen molar-refractivity contribution < 1.29 is 9.13 Å². The van der Waals surface area contributed by atoms with Crippen molar-refractivity contribution in [3.63, 3.8) is 0 Å². The molecule has 0 heterocycles. The molecule has 0 aliphatic carbocycles. The Balaban J connectivity index is 2.46. The third kappa shape index (κ3) is 3.42. The van der Waals surface area contributed by atoms with Crippen LogP contribution in [0.2, 0.25) is 0 Å². The molecule has 0 saturated heterocycles. The van der Waals surface area contributed by atoms with Gasteiger partial charge in [-0.2, -0.15) is 0 Å². The first kappa shape index (κ1) is 9.99. The molecule has 1 rings (SSSR count). The summed E-state index contributed by atoms with van der Waals surface area (Å²) in [6.07, 6.45) is 0.819. The molecular weight excluding hydrogens is 169 g/mol. The number of nitrogens with two attached hydrogens (primary N) is 1. The molecule has 0 saturated carbocycles. The predicted molar refractivity (Wildman–Crippen MR) is 50.4 cm³/mol. The summed E-state index contributed by atoms with van der Waals surface area (Å²) in [5.41, 5.74) is 5.95. The lowest BCUT2D eigenvalue weighted by molar-refractivity contribution is 0.312. The van der Waals surface area contributed by atoms with E-state index in [1.54, 1.807) is 18.2 Å². The van der Waals surface area contributed by atoms with Gasteiger partial charge in [-0.25, -0.2) is 4.39 Å². The van der Waals surface area contributed by atoms with Gasteiger partial charge in [0.2, 0.25) is 0 Å². The number of halogens is 1. The predicted octanol–water partition coefficient (Wildman–Crippen LogP) is 1.88. The topological polar surface area (TPSA) is 35.2 Å². The van der Waals surface area contributed by atoms with Gasteiger partial charge in [-0.05, 0) is 30.7 Å². The van der Waals surface area contributed by atoms with E-state index in [4.69, 9.17) is 10.5 Å². The molecule has 0 aromatic heterocycles. The van der Waals surface area contributed by atoms with Crippen LogP contribution in [-0.4, -0.2) is 13.2 Å². The second kappa shape index (κ2) is 5.54. The van der Waals surface area contributed by atoms with E-state index in [9.17, 15) is 4.39 Å². The minimum atomic E-state index is -0.450. The molecular formula is C10H14FNO. The molecule has 0 aliphatic rings. The zero-order chi connectivity index (χ0) is 9.52. The number of benzene rings is 1. The highest BCUT2D eigenvalue weighted by atomic mass is 19.1. The number of ether oxygens (including phenoxy) is 1. The summed E-state index contributed by atoms with van der Waals surface area (Å²) in [4.78, 5) is 0. The monoisotopic (exact) mass is 183 g/mol. The third-order valence-electron chi connectivity index (χ3n) is 1.67. The maximum absolute atomic E-state index is 12.2. The lowest BCUT2D eigenvalue weighted by atomic mass is 10.2. The fourth-order valence-electron chi connectivity index (χ4n) is 0.992. The molecule has 0 fully saturated rings. The molecule has 13 heavy (non-hydrogen) atoms. The fraction of sp³-hybridized carbons (Fsp3) is 0.400. The summed E-state index contributed by atoms with van der Waals surface area (Å²) < 4.78 is 17.6. The van der Waals surface area contributed by atoms with Crippen molar-refractivity contribution in [1.82, 2.24) is 0 Å². The lowest BCUT2D eigenvalue weighted by Crippen LogP contribution is -2.06. The van der Waals surface area contributed by atoms with Crippen molar-refractivity contribution >= 4 is 0 Å². The Bertz CT molecular complexity index is 252. The first-order chi connectivity index (χ1) is 6.36. The first-order valence-corrected chi connectivity index (χ1v) is 4.34. The van der Waals surface area contributed by atoms with Crippen LogP contribution in [0.5, 0.6) is 5.75 Å². The minimum absolute atomic E-state index is 0.450. The Labute approximate surface area is 77.5 Å². The largest absolute Gasteiger partial charge is 0.494 e. The van der Waals surface area contributed by atoms with Crippen molar-refractivity contribution in [2.24, 2.45) is 5.73 Å². The average molecular weight is 183 g/mol. The summed E-state index contributed by atoms with van der Waals surface area (Å²) in [6.45, 7) is 0.753. The van der Waals surface area contributed by atoms with Gasteiger partial charge in [0.05, 0.1) is 6.61 Å². The number of hydrogen-bond donors (Lipinski definition) is 1. The Kier molecular flexibility index (Phi) is 4.26. The quantitative estimate of drug-likeness (QED) is 0.707. The van der Waals surface area contributed by atoms with Gasteiger partial charge in [0.1, 0.15) is 12.4 Å². The van der Waals surface area contributed by atoms with Crippen molar-refractivity contribution in [1.29, 1.82) is 0 Å². The Hall–Kier alpha value is -1.09. The average Bonchev–Trinajstić information content (AvgIpc) is 2.19. The van der Waals surface area contributed by atoms with E-state index in [1.807, 2.05) is 6.07 Å². The van der Waals surface area contributed by atoms with E-state index in [-0.39, 0.29) is 0 Å². The fourth-order valence-corrected chi connectivity index (χ4v) is 0.992. The van der Waals surface area contributed by atoms with Crippen molar-refractivity contribution in [3.8, 4) is 5.75 Å². The van der Waals surface area contributed by atoms with Gasteiger partial charge in [-0.3, -0.25) is 0 Å². The smallest absolute Gasteiger partial charge is 0.119 e. The van der Waals surface area contributed by atoms with Gasteiger partial charge in [-0.15, -0.1) is 0 Å². The summed E-state index contributed by atoms with van der Waals surface area (Å²) in [5, 5.41) is 0. The van der Waals surface area contributed by atoms with Gasteiger partial charge < -0.3 is 10.5 Å². The minimum Gasteiger partial charge on any atom is -0.494 e. The van der Waals surface area contributed by atoms with Crippen LogP contribution in [0.1, 0.15) is 12.0 Å². The number of hydrogen-bond acceptors (Lipinski definition) is 2. The zero-order valence-corrected chi connectivity index (χ0v) is 7.50. The van der Waals surface area contributed by atoms with Gasteiger partial charge in [0, 0.05) is 0 Å². The van der Waals surface area contributed by atoms with Gasteiger partial charge in [0.25, 0.3) is 0 Å². The number of alkyl halides is 1. The molecule has 3 heteroatoms. The summed E-state index contributed by atoms with van der Waals surface area (Å²) >= 11 is 0. The molecule has 0 unspecified atom stereocenters. The van der Waals surface area contributed by atoms with Crippen LogP contribution in [0.3, 0.4) is 0 Å². The molecule has 0 spiro atoms. The maximum atomic E-state index is 12.2. The highest BCUT2D eigenvalue weighted by Gasteiger charge is 1.95. The van der Waals surface area contributed by atoms with Crippen LogP contribution in [-0.2, 0) is 6.67 Å². The van der Waals surface area contributed by atoms with E-state index < -0.39 is 6.67 Å². The van der Waals surface area contributed by atoms with Gasteiger partial charge in [0.15, 0.2) is 0 Å². The second-order valence-corrected chi connectivity index (χ2v) is 2.77. The zero-order valence-electron chi connectivity index (χ0n) is 7.50. The van der Waals surface area contributed by atoms with Crippen molar-refractivity contribution in [2.45, 2.75) is 13.1 Å². The SMILES string of the molecule is NCCCOc1cccc(CF)c1. The molecule has 0 aliphatic heterocycles. The number of rotatable bonds is 5. The van der Waals surface area contributed by atoms with Crippen LogP contribution < -0.4 is 10.5 Å². The normalized spacial score (nSPS) is 10.0. The van der Waals surface area contributed by atoms with E-state index in [0.29, 0.717) is 24.5 Å². The molecule has 0 radical (unpaired) electrons. The molecule has 0 atom stereocenters. The standard InChI is InChI=1S/C10H14FNO/c11-8-9-3-1-4-10(7-9)13-6-2-5-12/h1,3-4,7H,2,5-6,8,12H2. The van der Waals surface area contributed by atoms with Crippen LogP contribution >= 0.6 is 0 Å². The van der Waals surface area contributed by atoms with E-state index in [2.05, 4.69) is 0 Å². The van der Waals surface area contributed by atoms with Crippen LogP contribution in [0.25, 0.3) is 0 Å². The highest BCUT2D eigenvalue weighted by Crippen LogP contribution is 2.13. The van der Waals surface area contributed by atoms with Crippen LogP contribution in [0, 0.1) is 0 Å². The molecule has 1 aromatic rings. The molecule has 72 valence electrons. The Morgan fingerprint density at radius 2 is 2.23 bits per heavy atom. The van der Waals surface area contributed by atoms with Crippen LogP contribution in [0.15, 0.2) is 24.3 Å².